The van der Waals surface area contributed by atoms with E-state index in [9.17, 15) is 0 Å². The van der Waals surface area contributed by atoms with E-state index in [0.29, 0.717) is 0 Å². The summed E-state index contributed by atoms with van der Waals surface area (Å²) >= 11 is 0. The minimum absolute atomic E-state index is 0. The largest absolute Gasteiger partial charge is 0.503 e. The van der Waals surface area contributed by atoms with Gasteiger partial charge in [-0.3, -0.25) is 0 Å². The average molecular weight is 303 g/mol. The molecule has 0 unspecified atom stereocenters. The van der Waals surface area contributed by atoms with Gasteiger partial charge in [-0.25, -0.2) is 4.79 Å². The van der Waals surface area contributed by atoms with Crippen molar-refractivity contribution in [2.75, 3.05) is 0 Å². The van der Waals surface area contributed by atoms with E-state index in [0.717, 1.165) is 0 Å². The third kappa shape index (κ3) is 38.2. The van der Waals surface area contributed by atoms with Gasteiger partial charge in [0.1, 0.15) is 0 Å². The normalized spacial score (nSPS) is 4.00. The minimum Gasteiger partial charge on any atom is -0.450 e. The summed E-state index contributed by atoms with van der Waals surface area (Å²) in [6.45, 7) is 0. The Kier molecular flexibility index (Phi) is 26.2. The molecule has 0 bridgehead atoms. The molecule has 2 N–H and O–H groups in total. The monoisotopic (exact) mass is 304 g/mol. The van der Waals surface area contributed by atoms with Crippen molar-refractivity contribution in [3.63, 3.8) is 0 Å². The number of hydrogen-bond acceptors (Lipinski definition) is 1. The Hall–Kier alpha value is 1.96. The first kappa shape index (κ1) is 15.7. The molecule has 0 rings (SSSR count). The Bertz CT molecular complexity index is 33.8. The fourth-order valence-electron chi connectivity index (χ4n) is 0. The predicted octanol–water partition coefficient (Wildman–Crippen LogP) is 0.220. The van der Waals surface area contributed by atoms with Gasteiger partial charge in [-0.1, -0.05) is 0 Å². The molecule has 0 saturated carbocycles. The minimum atomic E-state index is -1.83. The van der Waals surface area contributed by atoms with Crippen molar-refractivity contribution in [3.8, 4) is 0 Å². The molecule has 0 saturated heterocycles. The summed E-state index contributed by atoms with van der Waals surface area (Å²) in [4.78, 5) is 8.56. The van der Waals surface area contributed by atoms with Crippen molar-refractivity contribution in [1.29, 1.82) is 0 Å². The van der Waals surface area contributed by atoms with Gasteiger partial charge < -0.3 is 10.2 Å². The van der Waals surface area contributed by atoms with E-state index < -0.39 is 6.16 Å². The molecule has 34 valence electrons. The first-order chi connectivity index (χ1) is 1.73. The molecule has 0 aromatic rings. The Morgan fingerprint density at radius 3 is 1.33 bits per heavy atom. The number of hydrogen-bond donors (Lipinski definition) is 2. The topological polar surface area (TPSA) is 57.5 Å². The Morgan fingerprint density at radius 2 is 1.33 bits per heavy atom. The zero-order valence-electron chi connectivity index (χ0n) is 2.76. The quantitative estimate of drug-likeness (QED) is 0.673. The van der Waals surface area contributed by atoms with E-state index >= 15 is 0 Å². The van der Waals surface area contributed by atoms with Gasteiger partial charge in [-0.15, -0.1) is 0 Å². The van der Waals surface area contributed by atoms with Crippen LogP contribution >= 0.6 is 0 Å². The summed E-state index contributed by atoms with van der Waals surface area (Å²) in [5, 5.41) is 13.9. The standard InChI is InChI=1S/CH2O3.Eu.Y/c2-1(3)4;;/h(H2,2,3,4);;. The van der Waals surface area contributed by atoms with Crippen LogP contribution in [0.5, 0.6) is 0 Å². The Morgan fingerprint density at radius 1 is 1.33 bits per heavy atom. The van der Waals surface area contributed by atoms with Crippen molar-refractivity contribution < 1.29 is 97.1 Å². The first-order valence-electron chi connectivity index (χ1n) is 0.651. The molecular formula is CH2EuO3Y. The van der Waals surface area contributed by atoms with Crippen LogP contribution in [0.15, 0.2) is 0 Å². The van der Waals surface area contributed by atoms with Crippen molar-refractivity contribution >= 4 is 6.16 Å². The number of carbonyl (C=O) groups is 1. The van der Waals surface area contributed by atoms with Crippen LogP contribution in [-0.2, 0) is 32.7 Å². The Labute approximate surface area is 101 Å². The maximum atomic E-state index is 8.56. The maximum absolute atomic E-state index is 8.56. The molecule has 0 atom stereocenters. The van der Waals surface area contributed by atoms with Crippen molar-refractivity contribution in [2.24, 2.45) is 0 Å². The molecule has 0 aromatic heterocycles. The average Bonchev–Trinajstić information content (AvgIpc) is 0.811. The van der Waals surface area contributed by atoms with Crippen molar-refractivity contribution in [3.05, 3.63) is 0 Å². The zero-order chi connectivity index (χ0) is 3.58. The summed E-state index contributed by atoms with van der Waals surface area (Å²) in [6.07, 6.45) is -1.83. The molecule has 0 aromatic carbocycles. The van der Waals surface area contributed by atoms with Crippen LogP contribution in [0.3, 0.4) is 0 Å². The van der Waals surface area contributed by atoms with Gasteiger partial charge in [0.2, 0.25) is 0 Å². The SMILES string of the molecule is O=C(O)O.[Eu].[Y]. The molecule has 0 aliphatic rings. The van der Waals surface area contributed by atoms with Gasteiger partial charge >= 0.3 is 6.16 Å². The van der Waals surface area contributed by atoms with Crippen molar-refractivity contribution in [1.82, 2.24) is 0 Å². The van der Waals surface area contributed by atoms with Crippen LogP contribution in [-0.4, -0.2) is 16.4 Å². The summed E-state index contributed by atoms with van der Waals surface area (Å²) in [6, 6.07) is 0. The second-order valence-electron chi connectivity index (χ2n) is 0.283. The molecule has 6 heavy (non-hydrogen) atoms. The van der Waals surface area contributed by atoms with Gasteiger partial charge in [0.25, 0.3) is 0 Å². The first-order valence-corrected chi connectivity index (χ1v) is 0.651. The van der Waals surface area contributed by atoms with E-state index in [1.54, 1.807) is 0 Å². The Balaban J connectivity index is -0.0000000450. The molecule has 0 heterocycles. The molecular weight excluding hydrogens is 301 g/mol. The molecule has 0 amide bonds. The molecule has 0 aliphatic heterocycles. The van der Waals surface area contributed by atoms with Crippen LogP contribution in [0.4, 0.5) is 4.79 Å². The molecule has 5 heteroatoms. The second kappa shape index (κ2) is 10.0. The van der Waals surface area contributed by atoms with Crippen LogP contribution in [0.1, 0.15) is 0 Å². The summed E-state index contributed by atoms with van der Waals surface area (Å²) in [7, 11) is 0. The molecule has 2 radical (unpaired) electrons. The van der Waals surface area contributed by atoms with E-state index in [2.05, 4.69) is 0 Å². The fraction of sp³-hybridized carbons (Fsp3) is 0. The molecule has 0 fully saturated rings. The summed E-state index contributed by atoms with van der Waals surface area (Å²) < 4.78 is 0. The summed E-state index contributed by atoms with van der Waals surface area (Å²) in [5.41, 5.74) is 0. The van der Waals surface area contributed by atoms with Gasteiger partial charge in [0.05, 0.1) is 0 Å². The van der Waals surface area contributed by atoms with Crippen LogP contribution in [0.2, 0.25) is 0 Å². The maximum Gasteiger partial charge on any atom is 0.503 e. The third-order valence-corrected chi connectivity index (χ3v) is 0. The molecule has 3 nitrogen and oxygen atoms in total. The van der Waals surface area contributed by atoms with E-state index in [1.165, 1.54) is 0 Å². The third-order valence-electron chi connectivity index (χ3n) is 0. The molecule has 0 spiro atoms. The predicted molar refractivity (Wildman–Crippen MR) is 10.7 cm³/mol. The van der Waals surface area contributed by atoms with Crippen LogP contribution < -0.4 is 0 Å². The van der Waals surface area contributed by atoms with E-state index in [1.807, 2.05) is 0 Å². The summed E-state index contributed by atoms with van der Waals surface area (Å²) in [5.74, 6) is 0. The van der Waals surface area contributed by atoms with Gasteiger partial charge in [-0.2, -0.15) is 0 Å². The zero-order valence-corrected chi connectivity index (χ0v) is 8.02. The number of rotatable bonds is 0. The van der Waals surface area contributed by atoms with Gasteiger partial charge in [-0.05, 0) is 0 Å². The fourth-order valence-corrected chi connectivity index (χ4v) is 0. The second-order valence-corrected chi connectivity index (χ2v) is 0.283. The molecule has 0 aliphatic carbocycles. The van der Waals surface area contributed by atoms with E-state index in [-0.39, 0.29) is 82.1 Å². The van der Waals surface area contributed by atoms with E-state index in [4.69, 9.17) is 15.0 Å². The van der Waals surface area contributed by atoms with Gasteiger partial charge in [0.15, 0.2) is 0 Å². The smallest absolute Gasteiger partial charge is 0.450 e. The van der Waals surface area contributed by atoms with Crippen molar-refractivity contribution in [2.45, 2.75) is 0 Å². The van der Waals surface area contributed by atoms with Crippen LogP contribution in [0, 0.1) is 49.4 Å². The van der Waals surface area contributed by atoms with Gasteiger partial charge in [0, 0.05) is 82.1 Å². The number of carboxylic acid groups (broad SMARTS) is 2. The van der Waals surface area contributed by atoms with Crippen LogP contribution in [0.25, 0.3) is 0 Å².